The number of nitrogens with one attached hydrogen (secondary N) is 2. The van der Waals surface area contributed by atoms with Gasteiger partial charge in [0, 0.05) is 25.0 Å². The van der Waals surface area contributed by atoms with Gasteiger partial charge in [0.05, 0.1) is 0 Å². The highest BCUT2D eigenvalue weighted by Gasteiger charge is 2.38. The van der Waals surface area contributed by atoms with Crippen LogP contribution in [-0.2, 0) is 0 Å². The molecule has 3 nitrogen and oxygen atoms in total. The van der Waals surface area contributed by atoms with Crippen molar-refractivity contribution in [2.75, 3.05) is 13.1 Å². The van der Waals surface area contributed by atoms with E-state index in [1.807, 2.05) is 0 Å². The van der Waals surface area contributed by atoms with Crippen molar-refractivity contribution in [3.05, 3.63) is 35.9 Å². The Bertz CT molecular complexity index is 372. The molecular weight excluding hydrogens is 210 g/mol. The lowest BCUT2D eigenvalue weighted by atomic mass is 10.1. The van der Waals surface area contributed by atoms with Crippen molar-refractivity contribution in [2.24, 2.45) is 4.99 Å². The monoisotopic (exact) mass is 231 g/mol. The zero-order chi connectivity index (χ0) is 12.1. The molecule has 1 aromatic carbocycles. The average Bonchev–Trinajstić information content (AvgIpc) is 3.10. The maximum atomic E-state index is 4.42. The molecule has 0 amide bonds. The van der Waals surface area contributed by atoms with Crippen molar-refractivity contribution in [2.45, 2.75) is 32.2 Å². The summed E-state index contributed by atoms with van der Waals surface area (Å²) in [6.07, 6.45) is 1.21. The Morgan fingerprint density at radius 1 is 1.29 bits per heavy atom. The Kier molecular flexibility index (Phi) is 4.02. The first-order valence-corrected chi connectivity index (χ1v) is 6.45. The van der Waals surface area contributed by atoms with Crippen molar-refractivity contribution < 1.29 is 0 Å². The molecule has 0 saturated heterocycles. The summed E-state index contributed by atoms with van der Waals surface area (Å²) in [6, 6.07) is 11.2. The Morgan fingerprint density at radius 3 is 2.71 bits per heavy atom. The lowest BCUT2D eigenvalue weighted by Crippen LogP contribution is -2.39. The van der Waals surface area contributed by atoms with Crippen molar-refractivity contribution >= 4 is 5.96 Å². The van der Waals surface area contributed by atoms with Gasteiger partial charge in [-0.2, -0.15) is 0 Å². The molecule has 1 aliphatic rings. The Labute approximate surface area is 103 Å². The molecule has 92 valence electrons. The number of hydrogen-bond donors (Lipinski definition) is 2. The molecule has 0 radical (unpaired) electrons. The van der Waals surface area contributed by atoms with Crippen LogP contribution in [0.1, 0.15) is 31.7 Å². The van der Waals surface area contributed by atoms with Gasteiger partial charge in [-0.15, -0.1) is 0 Å². The molecule has 2 atom stereocenters. The first-order chi connectivity index (χ1) is 8.35. The minimum atomic E-state index is 0.543. The fourth-order valence-corrected chi connectivity index (χ4v) is 2.08. The third kappa shape index (κ3) is 3.22. The zero-order valence-corrected chi connectivity index (χ0v) is 10.6. The minimum absolute atomic E-state index is 0.543. The second kappa shape index (κ2) is 5.71. The number of hydrogen-bond acceptors (Lipinski definition) is 1. The van der Waals surface area contributed by atoms with E-state index in [-0.39, 0.29) is 0 Å². The van der Waals surface area contributed by atoms with Crippen LogP contribution in [0.25, 0.3) is 0 Å². The molecule has 0 aliphatic heterocycles. The first kappa shape index (κ1) is 12.0. The number of benzene rings is 1. The van der Waals surface area contributed by atoms with E-state index in [0.29, 0.717) is 12.0 Å². The average molecular weight is 231 g/mol. The quantitative estimate of drug-likeness (QED) is 0.615. The topological polar surface area (TPSA) is 36.4 Å². The lowest BCUT2D eigenvalue weighted by Gasteiger charge is -2.10. The molecule has 17 heavy (non-hydrogen) atoms. The van der Waals surface area contributed by atoms with E-state index in [1.165, 1.54) is 12.0 Å². The van der Waals surface area contributed by atoms with Crippen LogP contribution in [0.15, 0.2) is 35.3 Å². The summed E-state index contributed by atoms with van der Waals surface area (Å²) < 4.78 is 0. The predicted octanol–water partition coefficient (Wildman–Crippen LogP) is 2.12. The predicted molar refractivity (Wildman–Crippen MR) is 72.4 cm³/mol. The zero-order valence-electron chi connectivity index (χ0n) is 10.6. The second-order valence-electron chi connectivity index (χ2n) is 4.36. The van der Waals surface area contributed by atoms with E-state index in [4.69, 9.17) is 0 Å². The van der Waals surface area contributed by atoms with E-state index in [2.05, 4.69) is 59.8 Å². The smallest absolute Gasteiger partial charge is 0.191 e. The van der Waals surface area contributed by atoms with Crippen LogP contribution in [0.5, 0.6) is 0 Å². The van der Waals surface area contributed by atoms with E-state index in [1.54, 1.807) is 0 Å². The van der Waals surface area contributed by atoms with Gasteiger partial charge < -0.3 is 10.6 Å². The van der Waals surface area contributed by atoms with Crippen LogP contribution in [0.3, 0.4) is 0 Å². The highest BCUT2D eigenvalue weighted by Crippen LogP contribution is 2.40. The third-order valence-corrected chi connectivity index (χ3v) is 3.00. The van der Waals surface area contributed by atoms with Crippen LogP contribution < -0.4 is 10.6 Å². The molecule has 2 rings (SSSR count). The maximum Gasteiger partial charge on any atom is 0.191 e. The molecule has 2 unspecified atom stereocenters. The fourth-order valence-electron chi connectivity index (χ4n) is 2.08. The van der Waals surface area contributed by atoms with Crippen LogP contribution in [0, 0.1) is 0 Å². The number of aliphatic imine (C=N–C) groups is 1. The van der Waals surface area contributed by atoms with Gasteiger partial charge in [-0.25, -0.2) is 0 Å². The van der Waals surface area contributed by atoms with Gasteiger partial charge in [-0.05, 0) is 25.8 Å². The summed E-state index contributed by atoms with van der Waals surface area (Å²) >= 11 is 0. The largest absolute Gasteiger partial charge is 0.357 e. The van der Waals surface area contributed by atoms with Gasteiger partial charge >= 0.3 is 0 Å². The van der Waals surface area contributed by atoms with Crippen molar-refractivity contribution in [3.63, 3.8) is 0 Å². The molecule has 0 spiro atoms. The molecule has 0 aromatic heterocycles. The fraction of sp³-hybridized carbons (Fsp3) is 0.500. The van der Waals surface area contributed by atoms with E-state index >= 15 is 0 Å². The Morgan fingerprint density at radius 2 is 2.06 bits per heavy atom. The second-order valence-corrected chi connectivity index (χ2v) is 4.36. The highest BCUT2D eigenvalue weighted by atomic mass is 15.2. The van der Waals surface area contributed by atoms with Crippen LogP contribution in [0.2, 0.25) is 0 Å². The highest BCUT2D eigenvalue weighted by molar-refractivity contribution is 5.80. The summed E-state index contributed by atoms with van der Waals surface area (Å²) in [6.45, 7) is 5.88. The van der Waals surface area contributed by atoms with Gasteiger partial charge in [0.25, 0.3) is 0 Å². The molecule has 2 N–H and O–H groups in total. The van der Waals surface area contributed by atoms with Crippen LogP contribution >= 0.6 is 0 Å². The summed E-state index contributed by atoms with van der Waals surface area (Å²) in [5, 5.41) is 6.75. The summed E-state index contributed by atoms with van der Waals surface area (Å²) in [5.74, 6) is 1.59. The van der Waals surface area contributed by atoms with Gasteiger partial charge in [0.15, 0.2) is 5.96 Å². The summed E-state index contributed by atoms with van der Waals surface area (Å²) in [5.41, 5.74) is 1.43. The standard InChI is InChI=1S/C14H21N3/c1-3-15-14(16-4-2)17-13-10-12(13)11-8-6-5-7-9-11/h5-9,12-13H,3-4,10H2,1-2H3,(H2,15,16,17). The molecular formula is C14H21N3. The molecule has 0 bridgehead atoms. The molecule has 1 aliphatic carbocycles. The normalized spacial score (nSPS) is 23.3. The van der Waals surface area contributed by atoms with Crippen molar-refractivity contribution in [3.8, 4) is 0 Å². The van der Waals surface area contributed by atoms with E-state index in [9.17, 15) is 0 Å². The lowest BCUT2D eigenvalue weighted by molar-refractivity contribution is 0.799. The number of guanidine groups is 1. The van der Waals surface area contributed by atoms with Crippen molar-refractivity contribution in [1.82, 2.24) is 10.6 Å². The number of rotatable bonds is 4. The number of nitrogens with zero attached hydrogens (tertiary/aromatic N) is 1. The van der Waals surface area contributed by atoms with Gasteiger partial charge in [-0.3, -0.25) is 4.99 Å². The SMILES string of the molecule is CCN=C(NCC)NC1CC1c1ccccc1. The maximum absolute atomic E-state index is 4.42. The van der Waals surface area contributed by atoms with E-state index in [0.717, 1.165) is 19.0 Å². The molecule has 0 heterocycles. The molecule has 1 saturated carbocycles. The Hall–Kier alpha value is -1.51. The van der Waals surface area contributed by atoms with Crippen LogP contribution in [-0.4, -0.2) is 25.1 Å². The van der Waals surface area contributed by atoms with Gasteiger partial charge in [0.1, 0.15) is 0 Å². The minimum Gasteiger partial charge on any atom is -0.357 e. The molecule has 1 fully saturated rings. The summed E-state index contributed by atoms with van der Waals surface area (Å²) in [7, 11) is 0. The Balaban J connectivity index is 1.89. The van der Waals surface area contributed by atoms with Crippen LogP contribution in [0.4, 0.5) is 0 Å². The van der Waals surface area contributed by atoms with Crippen molar-refractivity contribution in [1.29, 1.82) is 0 Å². The molecule has 1 aromatic rings. The third-order valence-electron chi connectivity index (χ3n) is 3.00. The first-order valence-electron chi connectivity index (χ1n) is 6.45. The van der Waals surface area contributed by atoms with Gasteiger partial charge in [0.2, 0.25) is 0 Å². The van der Waals surface area contributed by atoms with Gasteiger partial charge in [-0.1, -0.05) is 30.3 Å². The molecule has 3 heteroatoms. The van der Waals surface area contributed by atoms with E-state index < -0.39 is 0 Å². The summed E-state index contributed by atoms with van der Waals surface area (Å²) in [4.78, 5) is 4.42.